The SMILES string of the molecule is CCOC(=O)N(C)c1ccc(NC(=O)[C@@H](C)NC(=O)OC(C)(C)C)cc1. The van der Waals surface area contributed by atoms with Crippen molar-refractivity contribution in [3.63, 3.8) is 0 Å². The van der Waals surface area contributed by atoms with Crippen molar-refractivity contribution in [3.8, 4) is 0 Å². The standard InChI is InChI=1S/C18H27N3O5/c1-7-25-17(24)21(6)14-10-8-13(9-11-14)20-15(22)12(2)19-16(23)26-18(3,4)5/h8-12H,7H2,1-6H3,(H,19,23)(H,20,22)/t12-/m1/s1. The van der Waals surface area contributed by atoms with E-state index in [0.29, 0.717) is 18.0 Å². The lowest BCUT2D eigenvalue weighted by atomic mass is 10.2. The molecule has 0 aliphatic rings. The topological polar surface area (TPSA) is 97.0 Å². The molecule has 0 fully saturated rings. The molecule has 0 spiro atoms. The van der Waals surface area contributed by atoms with E-state index in [9.17, 15) is 14.4 Å². The molecule has 26 heavy (non-hydrogen) atoms. The average molecular weight is 365 g/mol. The maximum Gasteiger partial charge on any atom is 0.413 e. The van der Waals surface area contributed by atoms with Crippen molar-refractivity contribution < 1.29 is 23.9 Å². The Labute approximate surface area is 153 Å². The molecule has 0 aromatic heterocycles. The van der Waals surface area contributed by atoms with E-state index in [1.165, 1.54) is 4.90 Å². The van der Waals surface area contributed by atoms with E-state index in [4.69, 9.17) is 9.47 Å². The maximum atomic E-state index is 12.2. The number of nitrogens with one attached hydrogen (secondary N) is 2. The first kappa shape index (κ1) is 21.3. The van der Waals surface area contributed by atoms with E-state index in [1.54, 1.807) is 65.9 Å². The van der Waals surface area contributed by atoms with Gasteiger partial charge in [-0.1, -0.05) is 0 Å². The zero-order valence-corrected chi connectivity index (χ0v) is 16.1. The fourth-order valence-electron chi connectivity index (χ4n) is 1.89. The number of benzene rings is 1. The molecule has 2 N–H and O–H groups in total. The molecule has 8 heteroatoms. The Balaban J connectivity index is 2.61. The van der Waals surface area contributed by atoms with Crippen molar-refractivity contribution in [2.24, 2.45) is 0 Å². The highest BCUT2D eigenvalue weighted by Gasteiger charge is 2.21. The van der Waals surface area contributed by atoms with E-state index in [-0.39, 0.29) is 5.91 Å². The highest BCUT2D eigenvalue weighted by molar-refractivity contribution is 5.96. The predicted octanol–water partition coefficient (Wildman–Crippen LogP) is 3.13. The molecule has 0 radical (unpaired) electrons. The highest BCUT2D eigenvalue weighted by atomic mass is 16.6. The average Bonchev–Trinajstić information content (AvgIpc) is 2.53. The molecule has 1 atom stereocenters. The Morgan fingerprint density at radius 1 is 1.15 bits per heavy atom. The van der Waals surface area contributed by atoms with Gasteiger partial charge in [0.1, 0.15) is 11.6 Å². The number of alkyl carbamates (subject to hydrolysis) is 1. The summed E-state index contributed by atoms with van der Waals surface area (Å²) in [6, 6.07) is 5.90. The fraction of sp³-hybridized carbons (Fsp3) is 0.500. The van der Waals surface area contributed by atoms with Gasteiger partial charge in [-0.05, 0) is 58.9 Å². The molecule has 0 aliphatic heterocycles. The molecule has 0 unspecified atom stereocenters. The molecule has 144 valence electrons. The number of hydrogen-bond acceptors (Lipinski definition) is 5. The van der Waals surface area contributed by atoms with Crippen molar-refractivity contribution in [1.82, 2.24) is 5.32 Å². The summed E-state index contributed by atoms with van der Waals surface area (Å²) in [5.74, 6) is -0.387. The van der Waals surface area contributed by atoms with Gasteiger partial charge in [0.05, 0.1) is 6.61 Å². The predicted molar refractivity (Wildman–Crippen MR) is 99.3 cm³/mol. The second-order valence-corrected chi connectivity index (χ2v) is 6.66. The maximum absolute atomic E-state index is 12.2. The van der Waals surface area contributed by atoms with Gasteiger partial charge in [-0.25, -0.2) is 9.59 Å². The lowest BCUT2D eigenvalue weighted by molar-refractivity contribution is -0.117. The van der Waals surface area contributed by atoms with Crippen LogP contribution in [0.25, 0.3) is 0 Å². The van der Waals surface area contributed by atoms with Crippen molar-refractivity contribution in [3.05, 3.63) is 24.3 Å². The Bertz CT molecular complexity index is 637. The van der Waals surface area contributed by atoms with Gasteiger partial charge in [0, 0.05) is 18.4 Å². The molecule has 0 saturated heterocycles. The summed E-state index contributed by atoms with van der Waals surface area (Å²) in [6.07, 6.45) is -1.12. The number of hydrogen-bond donors (Lipinski definition) is 2. The van der Waals surface area contributed by atoms with Crippen molar-refractivity contribution in [2.45, 2.75) is 46.3 Å². The highest BCUT2D eigenvalue weighted by Crippen LogP contribution is 2.18. The summed E-state index contributed by atoms with van der Waals surface area (Å²) in [7, 11) is 1.60. The van der Waals surface area contributed by atoms with Gasteiger partial charge in [-0.3, -0.25) is 9.69 Å². The summed E-state index contributed by atoms with van der Waals surface area (Å²) in [5.41, 5.74) is 0.524. The lowest BCUT2D eigenvalue weighted by Gasteiger charge is -2.21. The van der Waals surface area contributed by atoms with Crippen LogP contribution >= 0.6 is 0 Å². The fourth-order valence-corrected chi connectivity index (χ4v) is 1.89. The van der Waals surface area contributed by atoms with Crippen molar-refractivity contribution >= 4 is 29.5 Å². The van der Waals surface area contributed by atoms with Crippen molar-refractivity contribution in [2.75, 3.05) is 23.9 Å². The van der Waals surface area contributed by atoms with Crippen molar-refractivity contribution in [1.29, 1.82) is 0 Å². The molecular weight excluding hydrogens is 338 g/mol. The first-order chi connectivity index (χ1) is 12.0. The molecule has 0 heterocycles. The summed E-state index contributed by atoms with van der Waals surface area (Å²) >= 11 is 0. The molecule has 3 amide bonds. The summed E-state index contributed by atoms with van der Waals surface area (Å²) in [6.45, 7) is 8.81. The van der Waals surface area contributed by atoms with Crippen LogP contribution in [0.4, 0.5) is 21.0 Å². The third-order valence-electron chi connectivity index (χ3n) is 3.19. The molecule has 0 saturated carbocycles. The molecule has 1 aromatic carbocycles. The number of nitrogens with zero attached hydrogens (tertiary/aromatic N) is 1. The summed E-state index contributed by atoms with van der Waals surface area (Å²) < 4.78 is 10.0. The molecule has 0 bridgehead atoms. The summed E-state index contributed by atoms with van der Waals surface area (Å²) in [5, 5.41) is 5.16. The molecule has 8 nitrogen and oxygen atoms in total. The Hall–Kier alpha value is -2.77. The molecular formula is C18H27N3O5. The normalized spacial score (nSPS) is 11.9. The van der Waals surface area contributed by atoms with Crippen LogP contribution in [0.2, 0.25) is 0 Å². The van der Waals surface area contributed by atoms with E-state index >= 15 is 0 Å². The van der Waals surface area contributed by atoms with Crippen LogP contribution in [0.3, 0.4) is 0 Å². The van der Waals surface area contributed by atoms with Crippen LogP contribution in [-0.4, -0.2) is 43.4 Å². The first-order valence-corrected chi connectivity index (χ1v) is 8.34. The van der Waals surface area contributed by atoms with Gasteiger partial charge < -0.3 is 20.1 Å². The Morgan fingerprint density at radius 2 is 1.73 bits per heavy atom. The van der Waals surface area contributed by atoms with Gasteiger partial charge in [-0.15, -0.1) is 0 Å². The van der Waals surface area contributed by atoms with Gasteiger partial charge >= 0.3 is 12.2 Å². The Kier molecular flexibility index (Phi) is 7.42. The number of rotatable bonds is 5. The van der Waals surface area contributed by atoms with E-state index in [2.05, 4.69) is 10.6 Å². The number of ether oxygens (including phenoxy) is 2. The lowest BCUT2D eigenvalue weighted by Crippen LogP contribution is -2.43. The van der Waals surface area contributed by atoms with E-state index < -0.39 is 23.8 Å². The minimum atomic E-state index is -0.772. The minimum absolute atomic E-state index is 0.292. The number of carbonyl (C=O) groups is 3. The molecule has 0 aliphatic carbocycles. The second kappa shape index (κ2) is 9.07. The van der Waals surface area contributed by atoms with E-state index in [0.717, 1.165) is 0 Å². The quantitative estimate of drug-likeness (QED) is 0.835. The summed E-state index contributed by atoms with van der Waals surface area (Å²) in [4.78, 5) is 36.9. The van der Waals surface area contributed by atoms with Crippen LogP contribution in [0.5, 0.6) is 0 Å². The van der Waals surface area contributed by atoms with E-state index in [1.807, 2.05) is 0 Å². The molecule has 1 aromatic rings. The van der Waals surface area contributed by atoms with Crippen LogP contribution in [-0.2, 0) is 14.3 Å². The van der Waals surface area contributed by atoms with Crippen LogP contribution in [0.1, 0.15) is 34.6 Å². The van der Waals surface area contributed by atoms with Crippen LogP contribution < -0.4 is 15.5 Å². The van der Waals surface area contributed by atoms with Gasteiger partial charge in [0.15, 0.2) is 0 Å². The van der Waals surface area contributed by atoms with Gasteiger partial charge in [0.2, 0.25) is 5.91 Å². The smallest absolute Gasteiger partial charge is 0.413 e. The third kappa shape index (κ3) is 7.00. The number of anilines is 2. The number of amides is 3. The zero-order valence-electron chi connectivity index (χ0n) is 16.1. The monoisotopic (exact) mass is 365 g/mol. The molecule has 1 rings (SSSR count). The zero-order chi connectivity index (χ0) is 19.9. The number of carbonyl (C=O) groups excluding carboxylic acids is 3. The van der Waals surface area contributed by atoms with Gasteiger partial charge in [0.25, 0.3) is 0 Å². The minimum Gasteiger partial charge on any atom is -0.449 e. The van der Waals surface area contributed by atoms with Crippen LogP contribution in [0, 0.1) is 0 Å². The largest absolute Gasteiger partial charge is 0.449 e. The third-order valence-corrected chi connectivity index (χ3v) is 3.19. The Morgan fingerprint density at radius 3 is 2.23 bits per heavy atom. The second-order valence-electron chi connectivity index (χ2n) is 6.66. The first-order valence-electron chi connectivity index (χ1n) is 8.34. The van der Waals surface area contributed by atoms with Gasteiger partial charge in [-0.2, -0.15) is 0 Å². The van der Waals surface area contributed by atoms with Crippen LogP contribution in [0.15, 0.2) is 24.3 Å².